The number of aromatic nitrogens is 1. The van der Waals surface area contributed by atoms with E-state index in [4.69, 9.17) is 9.72 Å². The van der Waals surface area contributed by atoms with E-state index in [1.165, 1.54) is 0 Å². The number of carbonyl (C=O) groups is 1. The molecule has 0 radical (unpaired) electrons. The molecule has 1 aliphatic heterocycles. The number of pyridine rings is 1. The number of nitrogens with zero attached hydrogens (tertiary/aromatic N) is 4. The van der Waals surface area contributed by atoms with Crippen molar-refractivity contribution in [3.8, 4) is 5.88 Å². The lowest BCUT2D eigenvalue weighted by atomic mass is 9.95. The van der Waals surface area contributed by atoms with Crippen molar-refractivity contribution >= 4 is 32.7 Å². The lowest BCUT2D eigenvalue weighted by Gasteiger charge is -2.37. The summed E-state index contributed by atoms with van der Waals surface area (Å²) >= 11 is 3.61. The van der Waals surface area contributed by atoms with Gasteiger partial charge >= 0.3 is 0 Å². The van der Waals surface area contributed by atoms with Crippen LogP contribution in [0.2, 0.25) is 0 Å². The maximum atomic E-state index is 13.7. The Morgan fingerprint density at radius 2 is 1.66 bits per heavy atom. The zero-order chi connectivity index (χ0) is 26.5. The first-order chi connectivity index (χ1) is 18.5. The lowest BCUT2D eigenvalue weighted by Crippen LogP contribution is -2.50. The fourth-order valence-electron chi connectivity index (χ4n) is 5.11. The van der Waals surface area contributed by atoms with E-state index in [1.54, 1.807) is 7.11 Å². The van der Waals surface area contributed by atoms with Gasteiger partial charge in [0.05, 0.1) is 25.2 Å². The van der Waals surface area contributed by atoms with Gasteiger partial charge in [-0.1, -0.05) is 76.6 Å². The van der Waals surface area contributed by atoms with E-state index in [0.717, 1.165) is 58.2 Å². The lowest BCUT2D eigenvalue weighted by molar-refractivity contribution is -0.134. The number of methoxy groups -OCH3 is 1. The van der Waals surface area contributed by atoms with Crippen molar-refractivity contribution in [3.63, 3.8) is 0 Å². The molecule has 1 aliphatic rings. The van der Waals surface area contributed by atoms with E-state index in [-0.39, 0.29) is 18.5 Å². The van der Waals surface area contributed by atoms with Crippen molar-refractivity contribution < 1.29 is 9.53 Å². The highest BCUT2D eigenvalue weighted by Crippen LogP contribution is 2.37. The fraction of sp³-hybridized carbons (Fsp3) is 0.290. The molecule has 1 amide bonds. The Morgan fingerprint density at radius 3 is 2.34 bits per heavy atom. The molecule has 0 bridgehead atoms. The van der Waals surface area contributed by atoms with Crippen LogP contribution in [0.3, 0.4) is 0 Å². The van der Waals surface area contributed by atoms with Crippen LogP contribution in [0.4, 0.5) is 0 Å². The van der Waals surface area contributed by atoms with Crippen LogP contribution in [0.1, 0.15) is 22.7 Å². The number of halogens is 1. The number of hydrogen-bond donors (Lipinski definition) is 0. The monoisotopic (exact) mass is 572 g/mol. The molecule has 3 aromatic carbocycles. The van der Waals surface area contributed by atoms with E-state index in [2.05, 4.69) is 69.2 Å². The Hall–Kier alpha value is -3.26. The fourth-order valence-corrected chi connectivity index (χ4v) is 5.49. The summed E-state index contributed by atoms with van der Waals surface area (Å²) in [6, 6.07) is 28.6. The molecule has 1 saturated heterocycles. The molecule has 5 rings (SSSR count). The van der Waals surface area contributed by atoms with Gasteiger partial charge in [-0.3, -0.25) is 9.69 Å². The third-order valence-corrected chi connectivity index (χ3v) is 7.65. The zero-order valence-electron chi connectivity index (χ0n) is 21.9. The first-order valence-electron chi connectivity index (χ1n) is 13.0. The average Bonchev–Trinajstić information content (AvgIpc) is 2.94. The number of hydrogen-bond acceptors (Lipinski definition) is 5. The maximum Gasteiger partial charge on any atom is 0.236 e. The summed E-state index contributed by atoms with van der Waals surface area (Å²) in [6.07, 6.45) is 0. The van der Waals surface area contributed by atoms with E-state index in [1.807, 2.05) is 53.4 Å². The van der Waals surface area contributed by atoms with E-state index in [9.17, 15) is 4.79 Å². The molecule has 0 N–H and O–H groups in total. The first-order valence-corrected chi connectivity index (χ1v) is 13.7. The number of carbonyl (C=O) groups excluding carboxylic acids is 1. The summed E-state index contributed by atoms with van der Waals surface area (Å²) in [6.45, 7) is 4.18. The Bertz CT molecular complexity index is 1380. The second-order valence-electron chi connectivity index (χ2n) is 9.81. The highest BCUT2D eigenvalue weighted by molar-refractivity contribution is 9.10. The van der Waals surface area contributed by atoms with Gasteiger partial charge in [0.2, 0.25) is 11.8 Å². The highest BCUT2D eigenvalue weighted by Gasteiger charge is 2.30. The van der Waals surface area contributed by atoms with Crippen molar-refractivity contribution in [1.82, 2.24) is 19.7 Å². The third kappa shape index (κ3) is 6.07. The number of amides is 1. The van der Waals surface area contributed by atoms with E-state index < -0.39 is 0 Å². The number of ether oxygens (including phenoxy) is 1. The molecule has 196 valence electrons. The quantitative estimate of drug-likeness (QED) is 0.284. The van der Waals surface area contributed by atoms with Crippen molar-refractivity contribution in [3.05, 3.63) is 106 Å². The third-order valence-electron chi connectivity index (χ3n) is 7.16. The minimum atomic E-state index is -0.237. The Morgan fingerprint density at radius 1 is 0.974 bits per heavy atom. The molecule has 7 heteroatoms. The summed E-state index contributed by atoms with van der Waals surface area (Å²) in [4.78, 5) is 25.1. The maximum absolute atomic E-state index is 13.7. The van der Waals surface area contributed by atoms with Crippen molar-refractivity contribution in [2.24, 2.45) is 0 Å². The predicted octanol–water partition coefficient (Wildman–Crippen LogP) is 5.37. The van der Waals surface area contributed by atoms with E-state index >= 15 is 0 Å². The van der Waals surface area contributed by atoms with Gasteiger partial charge in [-0.25, -0.2) is 4.98 Å². The summed E-state index contributed by atoms with van der Waals surface area (Å²) in [5, 5.41) is 1.01. The number of likely N-dealkylation sites (N-methyl/N-ethyl adjacent to an activating group) is 1. The van der Waals surface area contributed by atoms with Gasteiger partial charge in [-0.05, 0) is 42.4 Å². The number of piperazine rings is 1. The minimum absolute atomic E-state index is 0.144. The molecule has 6 nitrogen and oxygen atoms in total. The average molecular weight is 574 g/mol. The van der Waals surface area contributed by atoms with Gasteiger partial charge in [-0.15, -0.1) is 0 Å². The molecule has 1 unspecified atom stereocenters. The summed E-state index contributed by atoms with van der Waals surface area (Å²) in [5.41, 5.74) is 4.04. The van der Waals surface area contributed by atoms with Crippen molar-refractivity contribution in [2.45, 2.75) is 12.6 Å². The van der Waals surface area contributed by atoms with Crippen LogP contribution in [-0.4, -0.2) is 72.5 Å². The van der Waals surface area contributed by atoms with Crippen molar-refractivity contribution in [1.29, 1.82) is 0 Å². The molecule has 0 saturated carbocycles. The van der Waals surface area contributed by atoms with Gasteiger partial charge in [0.25, 0.3) is 0 Å². The smallest absolute Gasteiger partial charge is 0.236 e. The molecule has 1 fully saturated rings. The topological polar surface area (TPSA) is 48.9 Å². The van der Waals surface area contributed by atoms with Crippen LogP contribution in [0.15, 0.2) is 89.4 Å². The van der Waals surface area contributed by atoms with Gasteiger partial charge < -0.3 is 14.5 Å². The Balaban J connectivity index is 1.61. The first kappa shape index (κ1) is 26.4. The molecule has 0 spiro atoms. The van der Waals surface area contributed by atoms with Gasteiger partial charge in [0, 0.05) is 48.1 Å². The van der Waals surface area contributed by atoms with Crippen LogP contribution in [-0.2, 0) is 11.3 Å². The molecular formula is C31H33BrN4O2. The molecule has 0 aliphatic carbocycles. The number of rotatable bonds is 8. The molecule has 4 aromatic rings. The van der Waals surface area contributed by atoms with E-state index in [0.29, 0.717) is 12.4 Å². The predicted molar refractivity (Wildman–Crippen MR) is 155 cm³/mol. The minimum Gasteiger partial charge on any atom is -0.481 e. The highest BCUT2D eigenvalue weighted by atomic mass is 79.9. The molecule has 1 atom stereocenters. The summed E-state index contributed by atoms with van der Waals surface area (Å²) < 4.78 is 6.86. The standard InChI is InChI=1S/C31H33BrN4O2/c1-34-15-17-35(18-16-34)29(37)22-36(21-23-9-5-3-6-10-23)30(24-11-7-4-8-12-24)27-20-25-19-26(32)13-14-28(25)33-31(27)38-2/h3-14,19-20,30H,15-18,21-22H2,1-2H3. The normalized spacial score (nSPS) is 15.1. The van der Waals surface area contributed by atoms with Crippen LogP contribution in [0.5, 0.6) is 5.88 Å². The summed E-state index contributed by atoms with van der Waals surface area (Å²) in [5.74, 6) is 0.712. The number of fused-ring (bicyclic) bond motifs is 1. The molecule has 2 heterocycles. The molecule has 1 aromatic heterocycles. The Labute approximate surface area is 233 Å². The number of benzene rings is 3. The van der Waals surface area contributed by atoms with Gasteiger partial charge in [0.1, 0.15) is 0 Å². The van der Waals surface area contributed by atoms with Crippen LogP contribution >= 0.6 is 15.9 Å². The Kier molecular flexibility index (Phi) is 8.37. The zero-order valence-corrected chi connectivity index (χ0v) is 23.5. The van der Waals surface area contributed by atoms with Gasteiger partial charge in [0.15, 0.2) is 0 Å². The second kappa shape index (κ2) is 12.1. The van der Waals surface area contributed by atoms with Gasteiger partial charge in [-0.2, -0.15) is 0 Å². The van der Waals surface area contributed by atoms with Crippen molar-refractivity contribution in [2.75, 3.05) is 46.9 Å². The SMILES string of the molecule is COc1nc2ccc(Br)cc2cc1C(c1ccccc1)N(CC(=O)N1CCN(C)CC1)Cc1ccccc1. The molecular weight excluding hydrogens is 540 g/mol. The largest absolute Gasteiger partial charge is 0.481 e. The van der Waals surface area contributed by atoms with Crippen LogP contribution < -0.4 is 4.74 Å². The molecule has 38 heavy (non-hydrogen) atoms. The van der Waals surface area contributed by atoms with Crippen LogP contribution in [0, 0.1) is 0 Å². The second-order valence-corrected chi connectivity index (χ2v) is 10.7. The van der Waals surface area contributed by atoms with Crippen LogP contribution in [0.25, 0.3) is 10.9 Å². The summed E-state index contributed by atoms with van der Waals surface area (Å²) in [7, 11) is 3.77.